The van der Waals surface area contributed by atoms with E-state index in [1.54, 1.807) is 6.07 Å². The summed E-state index contributed by atoms with van der Waals surface area (Å²) < 4.78 is 0.903. The van der Waals surface area contributed by atoms with Crippen molar-refractivity contribution < 1.29 is 0 Å². The maximum absolute atomic E-state index is 8.76. The van der Waals surface area contributed by atoms with Crippen molar-refractivity contribution in [1.82, 2.24) is 0 Å². The van der Waals surface area contributed by atoms with Crippen molar-refractivity contribution in [2.75, 3.05) is 11.9 Å². The lowest BCUT2D eigenvalue weighted by Gasteiger charge is -2.14. The summed E-state index contributed by atoms with van der Waals surface area (Å²) in [5.41, 5.74) is 1.63. The maximum Gasteiger partial charge on any atom is 0.101 e. The van der Waals surface area contributed by atoms with E-state index in [4.69, 9.17) is 5.26 Å². The summed E-state index contributed by atoms with van der Waals surface area (Å²) in [6.45, 7) is 0.913. The van der Waals surface area contributed by atoms with Crippen LogP contribution in [0.5, 0.6) is 0 Å². The summed E-state index contributed by atoms with van der Waals surface area (Å²) in [6.07, 6.45) is 3.38. The lowest BCUT2D eigenvalue weighted by atomic mass is 10.1. The van der Waals surface area contributed by atoms with Crippen LogP contribution in [0.1, 0.15) is 24.8 Å². The highest BCUT2D eigenvalue weighted by molar-refractivity contribution is 9.10. The SMILES string of the molecule is N#Cc1ccc(NC2=NCCCC2)c(Br)c1. The molecular weight excluding hydrogens is 266 g/mol. The van der Waals surface area contributed by atoms with Gasteiger partial charge in [0.2, 0.25) is 0 Å². The van der Waals surface area contributed by atoms with Gasteiger partial charge in [0, 0.05) is 17.4 Å². The van der Waals surface area contributed by atoms with E-state index in [9.17, 15) is 0 Å². The molecule has 0 saturated carbocycles. The number of nitrogens with one attached hydrogen (secondary N) is 1. The van der Waals surface area contributed by atoms with Crippen molar-refractivity contribution in [3.8, 4) is 6.07 Å². The van der Waals surface area contributed by atoms with Gasteiger partial charge in [-0.15, -0.1) is 0 Å². The minimum absolute atomic E-state index is 0.656. The van der Waals surface area contributed by atoms with E-state index in [0.717, 1.165) is 29.0 Å². The molecule has 4 heteroatoms. The number of anilines is 1. The number of nitriles is 1. The Kier molecular flexibility index (Phi) is 3.58. The first-order valence-corrected chi connectivity index (χ1v) is 6.09. The standard InChI is InChI=1S/C12H12BrN3/c13-10-7-9(8-14)4-5-11(10)16-12-3-1-2-6-15-12/h4-5,7H,1-3,6H2,(H,15,16). The van der Waals surface area contributed by atoms with Gasteiger partial charge in [0.05, 0.1) is 17.3 Å². The molecule has 1 N–H and O–H groups in total. The van der Waals surface area contributed by atoms with Crippen molar-refractivity contribution in [3.05, 3.63) is 28.2 Å². The topological polar surface area (TPSA) is 48.2 Å². The Balaban J connectivity index is 2.15. The molecule has 0 atom stereocenters. The third-order valence-electron chi connectivity index (χ3n) is 2.50. The molecule has 3 nitrogen and oxygen atoms in total. The third kappa shape index (κ3) is 2.61. The maximum atomic E-state index is 8.76. The van der Waals surface area contributed by atoms with Crippen molar-refractivity contribution >= 4 is 27.5 Å². The zero-order chi connectivity index (χ0) is 11.4. The van der Waals surface area contributed by atoms with Gasteiger partial charge in [0.25, 0.3) is 0 Å². The first-order valence-electron chi connectivity index (χ1n) is 5.29. The summed E-state index contributed by atoms with van der Waals surface area (Å²) in [6, 6.07) is 7.63. The second-order valence-electron chi connectivity index (χ2n) is 3.72. The van der Waals surface area contributed by atoms with Crippen LogP contribution in [-0.4, -0.2) is 12.4 Å². The fraction of sp³-hybridized carbons (Fsp3) is 0.333. The normalized spacial score (nSPS) is 15.1. The molecule has 0 saturated heterocycles. The van der Waals surface area contributed by atoms with Gasteiger partial charge in [0.15, 0.2) is 0 Å². The van der Waals surface area contributed by atoms with Crippen LogP contribution in [0, 0.1) is 11.3 Å². The van der Waals surface area contributed by atoms with Crippen molar-refractivity contribution in [1.29, 1.82) is 5.26 Å². The van der Waals surface area contributed by atoms with Gasteiger partial charge in [0.1, 0.15) is 5.84 Å². The molecule has 1 aromatic carbocycles. The second-order valence-corrected chi connectivity index (χ2v) is 4.57. The van der Waals surface area contributed by atoms with Crippen LogP contribution in [0.25, 0.3) is 0 Å². The van der Waals surface area contributed by atoms with E-state index in [2.05, 4.69) is 32.3 Å². The Morgan fingerprint density at radius 3 is 2.88 bits per heavy atom. The predicted octanol–water partition coefficient (Wildman–Crippen LogP) is 3.32. The van der Waals surface area contributed by atoms with E-state index in [1.165, 1.54) is 12.8 Å². The zero-order valence-corrected chi connectivity index (χ0v) is 10.4. The Morgan fingerprint density at radius 1 is 1.38 bits per heavy atom. The van der Waals surface area contributed by atoms with Gasteiger partial charge in [-0.25, -0.2) is 0 Å². The first kappa shape index (κ1) is 11.2. The first-order chi connectivity index (χ1) is 7.79. The highest BCUT2D eigenvalue weighted by atomic mass is 79.9. The number of hydrogen-bond donors (Lipinski definition) is 1. The molecule has 0 amide bonds. The van der Waals surface area contributed by atoms with E-state index >= 15 is 0 Å². The van der Waals surface area contributed by atoms with E-state index < -0.39 is 0 Å². The number of rotatable bonds is 1. The van der Waals surface area contributed by atoms with Gasteiger partial charge in [-0.3, -0.25) is 4.99 Å². The summed E-state index contributed by atoms with van der Waals surface area (Å²) in [4.78, 5) is 4.43. The zero-order valence-electron chi connectivity index (χ0n) is 8.83. The molecule has 0 fully saturated rings. The average Bonchev–Trinajstić information content (AvgIpc) is 2.33. The molecule has 0 spiro atoms. The highest BCUT2D eigenvalue weighted by Gasteiger charge is 2.07. The molecule has 1 heterocycles. The molecule has 16 heavy (non-hydrogen) atoms. The fourth-order valence-corrected chi connectivity index (χ4v) is 2.12. The summed E-state index contributed by atoms with van der Waals surface area (Å²) in [5.74, 6) is 1.04. The van der Waals surface area contributed by atoms with Crippen LogP contribution in [0.15, 0.2) is 27.7 Å². The van der Waals surface area contributed by atoms with Gasteiger partial charge < -0.3 is 5.32 Å². The summed E-state index contributed by atoms with van der Waals surface area (Å²) in [7, 11) is 0. The fourth-order valence-electron chi connectivity index (χ4n) is 1.64. The molecule has 0 aromatic heterocycles. The summed E-state index contributed by atoms with van der Waals surface area (Å²) in [5, 5.41) is 12.1. The number of halogens is 1. The monoisotopic (exact) mass is 277 g/mol. The quantitative estimate of drug-likeness (QED) is 0.856. The Hall–Kier alpha value is -1.34. The number of benzene rings is 1. The van der Waals surface area contributed by atoms with E-state index in [0.29, 0.717) is 5.56 Å². The number of amidine groups is 1. The summed E-state index contributed by atoms with van der Waals surface area (Å²) >= 11 is 3.45. The van der Waals surface area contributed by atoms with Gasteiger partial charge >= 0.3 is 0 Å². The molecule has 1 aromatic rings. The Morgan fingerprint density at radius 2 is 2.25 bits per heavy atom. The van der Waals surface area contributed by atoms with Crippen LogP contribution >= 0.6 is 15.9 Å². The van der Waals surface area contributed by atoms with Gasteiger partial charge in [-0.05, 0) is 47.0 Å². The van der Waals surface area contributed by atoms with Crippen LogP contribution in [0.4, 0.5) is 5.69 Å². The van der Waals surface area contributed by atoms with Crippen molar-refractivity contribution in [2.45, 2.75) is 19.3 Å². The molecule has 1 aliphatic heterocycles. The molecule has 0 bridgehead atoms. The highest BCUT2D eigenvalue weighted by Crippen LogP contribution is 2.24. The van der Waals surface area contributed by atoms with E-state index in [-0.39, 0.29) is 0 Å². The number of hydrogen-bond acceptors (Lipinski definition) is 3. The molecule has 0 aliphatic carbocycles. The number of nitrogens with zero attached hydrogens (tertiary/aromatic N) is 2. The lowest BCUT2D eigenvalue weighted by Crippen LogP contribution is -2.16. The second kappa shape index (κ2) is 5.13. The smallest absolute Gasteiger partial charge is 0.101 e. The molecule has 0 radical (unpaired) electrons. The molecule has 2 rings (SSSR count). The van der Waals surface area contributed by atoms with Crippen LogP contribution in [-0.2, 0) is 0 Å². The van der Waals surface area contributed by atoms with Gasteiger partial charge in [-0.1, -0.05) is 0 Å². The Labute approximate surface area is 103 Å². The molecule has 0 unspecified atom stereocenters. The molecular formula is C12H12BrN3. The minimum Gasteiger partial charge on any atom is -0.343 e. The molecule has 82 valence electrons. The Bertz CT molecular complexity index is 460. The van der Waals surface area contributed by atoms with E-state index in [1.807, 2.05) is 12.1 Å². The van der Waals surface area contributed by atoms with Crippen LogP contribution in [0.3, 0.4) is 0 Å². The minimum atomic E-state index is 0.656. The largest absolute Gasteiger partial charge is 0.343 e. The molecule has 1 aliphatic rings. The van der Waals surface area contributed by atoms with Gasteiger partial charge in [-0.2, -0.15) is 5.26 Å². The van der Waals surface area contributed by atoms with Crippen molar-refractivity contribution in [2.24, 2.45) is 4.99 Å². The lowest BCUT2D eigenvalue weighted by molar-refractivity contribution is 0.737. The average molecular weight is 278 g/mol. The van der Waals surface area contributed by atoms with Crippen molar-refractivity contribution in [3.63, 3.8) is 0 Å². The third-order valence-corrected chi connectivity index (χ3v) is 3.16. The van der Waals surface area contributed by atoms with Crippen LogP contribution in [0.2, 0.25) is 0 Å². The number of aliphatic imine (C=N–C) groups is 1. The predicted molar refractivity (Wildman–Crippen MR) is 68.6 cm³/mol. The van der Waals surface area contributed by atoms with Crippen LogP contribution < -0.4 is 5.32 Å².